The summed E-state index contributed by atoms with van der Waals surface area (Å²) >= 11 is 6.63. The lowest BCUT2D eigenvalue weighted by molar-refractivity contribution is -0.131. The van der Waals surface area contributed by atoms with Crippen LogP contribution < -0.4 is 0 Å². The van der Waals surface area contributed by atoms with Gasteiger partial charge < -0.3 is 5.11 Å². The second-order valence-electron chi connectivity index (χ2n) is 9.79. The number of allylic oxidation sites excluding steroid dienone is 4. The zero-order valence-corrected chi connectivity index (χ0v) is 22.4. The first-order chi connectivity index (χ1) is 17.7. The van der Waals surface area contributed by atoms with Crippen LogP contribution >= 0.6 is 11.6 Å². The third kappa shape index (κ3) is 5.62. The van der Waals surface area contributed by atoms with Crippen LogP contribution in [0.5, 0.6) is 0 Å². The number of aliphatic carboxylic acids is 1. The fourth-order valence-corrected chi connectivity index (χ4v) is 5.71. The van der Waals surface area contributed by atoms with Gasteiger partial charge in [0, 0.05) is 6.08 Å². The monoisotopic (exact) mass is 514 g/mol. The van der Waals surface area contributed by atoms with Crippen LogP contribution in [0.3, 0.4) is 0 Å². The first-order valence-electron chi connectivity index (χ1n) is 12.7. The maximum absolute atomic E-state index is 14.0. The van der Waals surface area contributed by atoms with Crippen LogP contribution in [0.2, 0.25) is 5.02 Å². The van der Waals surface area contributed by atoms with Gasteiger partial charge in [-0.3, -0.25) is 0 Å². The Morgan fingerprint density at radius 1 is 1.08 bits per heavy atom. The van der Waals surface area contributed by atoms with Gasteiger partial charge in [0.05, 0.1) is 5.02 Å². The molecule has 2 atom stereocenters. The van der Waals surface area contributed by atoms with Crippen molar-refractivity contribution in [2.75, 3.05) is 0 Å². The normalized spacial score (nSPS) is 18.4. The molecule has 0 aliphatic heterocycles. The number of hydrogen-bond acceptors (Lipinski definition) is 1. The molecule has 1 aliphatic carbocycles. The molecular weight excluding hydrogens is 483 g/mol. The van der Waals surface area contributed by atoms with Gasteiger partial charge in [-0.05, 0) is 99.9 Å². The van der Waals surface area contributed by atoms with Gasteiger partial charge in [-0.2, -0.15) is 0 Å². The van der Waals surface area contributed by atoms with Crippen molar-refractivity contribution in [3.63, 3.8) is 0 Å². The molecule has 37 heavy (non-hydrogen) atoms. The van der Waals surface area contributed by atoms with Gasteiger partial charge in [-0.25, -0.2) is 9.18 Å². The average Bonchev–Trinajstić information content (AvgIpc) is 2.96. The molecule has 0 radical (unpaired) electrons. The molecule has 4 rings (SSSR count). The molecule has 1 unspecified atom stereocenters. The Labute approximate surface area is 223 Å². The number of carboxylic acid groups (broad SMARTS) is 1. The highest BCUT2D eigenvalue weighted by atomic mass is 35.5. The van der Waals surface area contributed by atoms with Crippen molar-refractivity contribution in [3.05, 3.63) is 117 Å². The number of hydrogen-bond donors (Lipinski definition) is 1. The molecule has 190 valence electrons. The summed E-state index contributed by atoms with van der Waals surface area (Å²) in [7, 11) is 0. The smallest absolute Gasteiger partial charge is 0.328 e. The van der Waals surface area contributed by atoms with Crippen LogP contribution in [-0.4, -0.2) is 11.1 Å². The largest absolute Gasteiger partial charge is 0.478 e. The summed E-state index contributed by atoms with van der Waals surface area (Å²) in [5, 5.41) is 9.41. The average molecular weight is 515 g/mol. The molecule has 0 amide bonds. The maximum atomic E-state index is 14.0. The Balaban J connectivity index is 2.04. The highest BCUT2D eigenvalue weighted by Crippen LogP contribution is 2.47. The molecule has 0 heterocycles. The van der Waals surface area contributed by atoms with Crippen LogP contribution in [0.15, 0.2) is 78.4 Å². The van der Waals surface area contributed by atoms with Crippen LogP contribution in [0.4, 0.5) is 4.39 Å². The standard InChI is InChI=1S/C33H32ClFO2/c1-5-27(29-16-15-26(35)19-30(29)34)33(24-13-10-23(11-14-24)12-17-31(36)37)32-21(3)20(2)18-25-8-6-7-9-28(25)22(32)4/h6-17,19-21H,5,18H2,1-4H3,(H,36,37)/b17-12+,33-27+/t20-,21?/m1/s1. The third-order valence-corrected chi connectivity index (χ3v) is 7.79. The van der Waals surface area contributed by atoms with Gasteiger partial charge >= 0.3 is 5.97 Å². The lowest BCUT2D eigenvalue weighted by atomic mass is 9.77. The molecule has 1 N–H and O–H groups in total. The Hall–Kier alpha value is -3.43. The number of benzene rings is 3. The number of halogens is 2. The number of carboxylic acids is 1. The van der Waals surface area contributed by atoms with Gasteiger partial charge in [0.1, 0.15) is 5.82 Å². The summed E-state index contributed by atoms with van der Waals surface area (Å²) in [6.07, 6.45) is 4.42. The Kier molecular flexibility index (Phi) is 8.14. The van der Waals surface area contributed by atoms with E-state index in [0.717, 1.165) is 40.3 Å². The highest BCUT2D eigenvalue weighted by Gasteiger charge is 2.29. The van der Waals surface area contributed by atoms with Crippen molar-refractivity contribution in [3.8, 4) is 0 Å². The van der Waals surface area contributed by atoms with E-state index in [1.165, 1.54) is 34.4 Å². The van der Waals surface area contributed by atoms with Crippen LogP contribution in [0.25, 0.3) is 22.8 Å². The molecule has 2 nitrogen and oxygen atoms in total. The van der Waals surface area contributed by atoms with E-state index in [1.807, 2.05) is 24.3 Å². The topological polar surface area (TPSA) is 37.3 Å². The Morgan fingerprint density at radius 3 is 2.43 bits per heavy atom. The van der Waals surface area contributed by atoms with E-state index >= 15 is 0 Å². The van der Waals surface area contributed by atoms with E-state index in [4.69, 9.17) is 16.7 Å². The fourth-order valence-electron chi connectivity index (χ4n) is 5.43. The van der Waals surface area contributed by atoms with E-state index in [1.54, 1.807) is 12.1 Å². The molecule has 0 aromatic heterocycles. The van der Waals surface area contributed by atoms with Crippen LogP contribution in [-0.2, 0) is 11.2 Å². The first kappa shape index (κ1) is 26.6. The number of carbonyl (C=O) groups is 1. The van der Waals surface area contributed by atoms with Crippen molar-refractivity contribution in [2.24, 2.45) is 11.8 Å². The number of fused-ring (bicyclic) bond motifs is 1. The van der Waals surface area contributed by atoms with E-state index in [0.29, 0.717) is 17.4 Å². The Morgan fingerprint density at radius 2 is 1.78 bits per heavy atom. The predicted molar refractivity (Wildman–Crippen MR) is 153 cm³/mol. The Bertz CT molecular complexity index is 1410. The predicted octanol–water partition coefficient (Wildman–Crippen LogP) is 9.20. The highest BCUT2D eigenvalue weighted by molar-refractivity contribution is 6.32. The zero-order chi connectivity index (χ0) is 26.7. The summed E-state index contributed by atoms with van der Waals surface area (Å²) in [6.45, 7) is 8.90. The minimum atomic E-state index is -0.982. The molecule has 0 bridgehead atoms. The van der Waals surface area contributed by atoms with Gasteiger partial charge in [0.15, 0.2) is 0 Å². The first-order valence-corrected chi connectivity index (χ1v) is 13.1. The van der Waals surface area contributed by atoms with Gasteiger partial charge in [-0.15, -0.1) is 0 Å². The summed E-state index contributed by atoms with van der Waals surface area (Å²) in [6, 6.07) is 21.2. The molecule has 4 heteroatoms. The van der Waals surface area contributed by atoms with Gasteiger partial charge in [-0.1, -0.05) is 87.0 Å². The van der Waals surface area contributed by atoms with Crippen molar-refractivity contribution in [2.45, 2.75) is 40.5 Å². The lowest BCUT2D eigenvalue weighted by Gasteiger charge is -2.28. The van der Waals surface area contributed by atoms with Crippen LogP contribution in [0.1, 0.15) is 61.9 Å². The molecule has 0 fully saturated rings. The van der Waals surface area contributed by atoms with E-state index in [2.05, 4.69) is 52.0 Å². The van der Waals surface area contributed by atoms with Gasteiger partial charge in [0.25, 0.3) is 0 Å². The summed E-state index contributed by atoms with van der Waals surface area (Å²) < 4.78 is 14.0. The molecule has 0 saturated carbocycles. The van der Waals surface area contributed by atoms with Crippen molar-refractivity contribution in [1.82, 2.24) is 0 Å². The third-order valence-electron chi connectivity index (χ3n) is 7.47. The van der Waals surface area contributed by atoms with Crippen LogP contribution in [0, 0.1) is 17.7 Å². The number of rotatable bonds is 6. The second kappa shape index (κ2) is 11.3. The molecule has 0 saturated heterocycles. The molecule has 1 aliphatic rings. The molecule has 0 spiro atoms. The second-order valence-corrected chi connectivity index (χ2v) is 10.2. The molecular formula is C33H32ClFO2. The summed E-state index contributed by atoms with van der Waals surface area (Å²) in [4.78, 5) is 11.0. The molecule has 3 aromatic carbocycles. The lowest BCUT2D eigenvalue weighted by Crippen LogP contribution is -2.14. The summed E-state index contributed by atoms with van der Waals surface area (Å²) in [5.41, 5.74) is 9.94. The van der Waals surface area contributed by atoms with Crippen molar-refractivity contribution in [1.29, 1.82) is 0 Å². The zero-order valence-electron chi connectivity index (χ0n) is 21.7. The summed E-state index contributed by atoms with van der Waals surface area (Å²) in [5.74, 6) is -0.677. The van der Waals surface area contributed by atoms with Gasteiger partial charge in [0.2, 0.25) is 0 Å². The quantitative estimate of drug-likeness (QED) is 0.263. The van der Waals surface area contributed by atoms with Crippen molar-refractivity contribution >= 4 is 40.4 Å². The fraction of sp³-hybridized carbons (Fsp3) is 0.242. The van der Waals surface area contributed by atoms with Crippen molar-refractivity contribution < 1.29 is 14.3 Å². The maximum Gasteiger partial charge on any atom is 0.328 e. The molecule has 3 aromatic rings. The SMILES string of the molecule is CC/C(=C(\C1=C(C)c2ccccc2C[C@@H](C)C1C)c1ccc(/C=C/C(=O)O)cc1)c1ccc(F)cc1Cl. The van der Waals surface area contributed by atoms with E-state index in [9.17, 15) is 9.18 Å². The van der Waals surface area contributed by atoms with E-state index < -0.39 is 5.97 Å². The van der Waals surface area contributed by atoms with E-state index in [-0.39, 0.29) is 11.7 Å². The minimum Gasteiger partial charge on any atom is -0.478 e. The minimum absolute atomic E-state index is 0.259.